The van der Waals surface area contributed by atoms with Gasteiger partial charge in [0, 0.05) is 42.0 Å². The fourth-order valence-electron chi connectivity index (χ4n) is 2.18. The van der Waals surface area contributed by atoms with E-state index in [0.717, 1.165) is 25.4 Å². The SMILES string of the molecule is Nc1cc(OC[C@H]2CN(I)CCO2)nn1-c1ccccc1. The maximum Gasteiger partial charge on any atom is 0.235 e. The molecule has 1 atom stereocenters. The molecule has 2 aromatic rings. The number of morpholine rings is 1. The highest BCUT2D eigenvalue weighted by Crippen LogP contribution is 2.19. The third-order valence-electron chi connectivity index (χ3n) is 3.22. The molecule has 1 fully saturated rings. The van der Waals surface area contributed by atoms with Gasteiger partial charge in [0.05, 0.1) is 12.3 Å². The molecule has 1 aliphatic heterocycles. The van der Waals surface area contributed by atoms with Crippen LogP contribution in [-0.2, 0) is 4.74 Å². The summed E-state index contributed by atoms with van der Waals surface area (Å²) in [6.07, 6.45) is 0.0683. The molecule has 0 unspecified atom stereocenters. The Kier molecular flexibility index (Phi) is 4.61. The van der Waals surface area contributed by atoms with Crippen LogP contribution in [0, 0.1) is 0 Å². The summed E-state index contributed by atoms with van der Waals surface area (Å²) >= 11 is 2.30. The molecule has 112 valence electrons. The molecule has 21 heavy (non-hydrogen) atoms. The largest absolute Gasteiger partial charge is 0.474 e. The summed E-state index contributed by atoms with van der Waals surface area (Å²) in [6, 6.07) is 11.5. The van der Waals surface area contributed by atoms with Gasteiger partial charge in [-0.05, 0) is 12.1 Å². The van der Waals surface area contributed by atoms with E-state index in [4.69, 9.17) is 15.2 Å². The van der Waals surface area contributed by atoms with E-state index >= 15 is 0 Å². The number of hydrogen-bond acceptors (Lipinski definition) is 5. The summed E-state index contributed by atoms with van der Waals surface area (Å²) in [7, 11) is 0. The van der Waals surface area contributed by atoms with Gasteiger partial charge in [0.15, 0.2) is 0 Å². The number of nitrogens with two attached hydrogens (primary N) is 1. The Bertz CT molecular complexity index is 590. The van der Waals surface area contributed by atoms with Crippen LogP contribution in [0.1, 0.15) is 0 Å². The van der Waals surface area contributed by atoms with Crippen molar-refractivity contribution in [2.45, 2.75) is 6.10 Å². The fourth-order valence-corrected chi connectivity index (χ4v) is 2.82. The minimum atomic E-state index is 0.0683. The minimum absolute atomic E-state index is 0.0683. The van der Waals surface area contributed by atoms with E-state index < -0.39 is 0 Å². The number of rotatable bonds is 4. The van der Waals surface area contributed by atoms with Gasteiger partial charge in [0.2, 0.25) is 5.88 Å². The molecule has 2 N–H and O–H groups in total. The van der Waals surface area contributed by atoms with Crippen LogP contribution >= 0.6 is 22.9 Å². The van der Waals surface area contributed by atoms with Gasteiger partial charge in [-0.3, -0.25) is 0 Å². The lowest BCUT2D eigenvalue weighted by molar-refractivity contribution is -0.0189. The maximum absolute atomic E-state index is 5.98. The molecule has 7 heteroatoms. The zero-order chi connectivity index (χ0) is 14.7. The first-order chi connectivity index (χ1) is 10.2. The van der Waals surface area contributed by atoms with Crippen LogP contribution in [0.25, 0.3) is 5.69 Å². The standard InChI is InChI=1S/C14H17IN4O2/c15-18-6-7-20-12(9-18)10-21-14-8-13(16)19(17-14)11-4-2-1-3-5-11/h1-5,8,12H,6-7,9-10,16H2/t12-/m1/s1. The van der Waals surface area contributed by atoms with Crippen LogP contribution in [-0.4, -0.2) is 45.3 Å². The van der Waals surface area contributed by atoms with Crippen molar-refractivity contribution >= 4 is 28.7 Å². The Morgan fingerprint density at radius 1 is 1.38 bits per heavy atom. The molecule has 0 amide bonds. The molecule has 1 aliphatic rings. The Balaban J connectivity index is 1.64. The molecule has 1 aromatic carbocycles. The van der Waals surface area contributed by atoms with Gasteiger partial charge in [-0.15, -0.1) is 5.10 Å². The number of ether oxygens (including phenoxy) is 2. The van der Waals surface area contributed by atoms with Crippen molar-refractivity contribution in [2.75, 3.05) is 32.0 Å². The van der Waals surface area contributed by atoms with Crippen LogP contribution in [0.15, 0.2) is 36.4 Å². The van der Waals surface area contributed by atoms with Gasteiger partial charge >= 0.3 is 0 Å². The highest BCUT2D eigenvalue weighted by atomic mass is 127. The zero-order valence-corrected chi connectivity index (χ0v) is 13.6. The number of nitrogens with zero attached hydrogens (tertiary/aromatic N) is 3. The predicted octanol–water partition coefficient (Wildman–Crippen LogP) is 1.88. The van der Waals surface area contributed by atoms with E-state index in [1.54, 1.807) is 10.7 Å². The molecule has 0 bridgehead atoms. The summed E-state index contributed by atoms with van der Waals surface area (Å²) in [5.74, 6) is 1.07. The number of para-hydroxylation sites is 1. The summed E-state index contributed by atoms with van der Waals surface area (Å²) in [6.45, 7) is 3.02. The number of hydrogen-bond donors (Lipinski definition) is 1. The molecule has 0 aliphatic carbocycles. The molecular formula is C14H17IN4O2. The second-order valence-electron chi connectivity index (χ2n) is 4.83. The van der Waals surface area contributed by atoms with Crippen molar-refractivity contribution in [2.24, 2.45) is 0 Å². The van der Waals surface area contributed by atoms with Gasteiger partial charge in [0.1, 0.15) is 18.5 Å². The third kappa shape index (κ3) is 3.66. The smallest absolute Gasteiger partial charge is 0.235 e. The number of anilines is 1. The summed E-state index contributed by atoms with van der Waals surface area (Å²) in [4.78, 5) is 0. The Morgan fingerprint density at radius 2 is 2.19 bits per heavy atom. The van der Waals surface area contributed by atoms with Crippen LogP contribution in [0.4, 0.5) is 5.82 Å². The number of benzene rings is 1. The lowest BCUT2D eigenvalue weighted by Gasteiger charge is -2.27. The van der Waals surface area contributed by atoms with E-state index in [9.17, 15) is 0 Å². The van der Waals surface area contributed by atoms with Crippen molar-refractivity contribution < 1.29 is 9.47 Å². The van der Waals surface area contributed by atoms with E-state index in [2.05, 4.69) is 31.1 Å². The number of nitrogen functional groups attached to an aromatic ring is 1. The molecule has 0 spiro atoms. The summed E-state index contributed by atoms with van der Waals surface area (Å²) < 4.78 is 15.2. The molecule has 2 heterocycles. The first kappa shape index (κ1) is 14.6. The van der Waals surface area contributed by atoms with Gasteiger partial charge in [-0.2, -0.15) is 0 Å². The van der Waals surface area contributed by atoms with Crippen LogP contribution in [0.5, 0.6) is 5.88 Å². The van der Waals surface area contributed by atoms with Crippen LogP contribution in [0.3, 0.4) is 0 Å². The lowest BCUT2D eigenvalue weighted by atomic mass is 10.3. The number of halogens is 1. The van der Waals surface area contributed by atoms with Crippen molar-refractivity contribution in [1.29, 1.82) is 0 Å². The minimum Gasteiger partial charge on any atom is -0.474 e. The van der Waals surface area contributed by atoms with Gasteiger partial charge in [-0.25, -0.2) is 7.80 Å². The first-order valence-electron chi connectivity index (χ1n) is 6.78. The van der Waals surface area contributed by atoms with Crippen molar-refractivity contribution in [3.8, 4) is 11.6 Å². The van der Waals surface area contributed by atoms with Crippen molar-refractivity contribution in [1.82, 2.24) is 12.9 Å². The van der Waals surface area contributed by atoms with Crippen molar-refractivity contribution in [3.05, 3.63) is 36.4 Å². The number of aromatic nitrogens is 2. The van der Waals surface area contributed by atoms with Gasteiger partial charge in [-0.1, -0.05) is 18.2 Å². The Labute approximate surface area is 137 Å². The lowest BCUT2D eigenvalue weighted by Crippen LogP contribution is -2.40. The molecule has 0 radical (unpaired) electrons. The van der Waals surface area contributed by atoms with E-state index in [-0.39, 0.29) is 6.10 Å². The first-order valence-corrected chi connectivity index (χ1v) is 7.75. The van der Waals surface area contributed by atoms with E-state index in [1.807, 2.05) is 30.3 Å². The molecular weight excluding hydrogens is 383 g/mol. The highest BCUT2D eigenvalue weighted by Gasteiger charge is 2.20. The van der Waals surface area contributed by atoms with Crippen LogP contribution < -0.4 is 10.5 Å². The molecule has 3 rings (SSSR count). The zero-order valence-electron chi connectivity index (χ0n) is 11.5. The molecule has 6 nitrogen and oxygen atoms in total. The van der Waals surface area contributed by atoms with Gasteiger partial charge < -0.3 is 15.2 Å². The highest BCUT2D eigenvalue weighted by molar-refractivity contribution is 14.1. The molecule has 0 saturated carbocycles. The molecule has 1 saturated heterocycles. The third-order valence-corrected chi connectivity index (χ3v) is 4.10. The normalized spacial score (nSPS) is 19.6. The summed E-state index contributed by atoms with van der Waals surface area (Å²) in [5, 5.41) is 4.38. The average molecular weight is 400 g/mol. The van der Waals surface area contributed by atoms with E-state index in [1.165, 1.54) is 0 Å². The quantitative estimate of drug-likeness (QED) is 0.628. The van der Waals surface area contributed by atoms with Crippen molar-refractivity contribution in [3.63, 3.8) is 0 Å². The molecule has 1 aromatic heterocycles. The van der Waals surface area contributed by atoms with Gasteiger partial charge in [0.25, 0.3) is 0 Å². The second-order valence-corrected chi connectivity index (χ2v) is 6.19. The topological polar surface area (TPSA) is 65.5 Å². The maximum atomic E-state index is 5.98. The second kappa shape index (κ2) is 6.63. The monoisotopic (exact) mass is 400 g/mol. The Hall–Kier alpha value is -1.32. The Morgan fingerprint density at radius 3 is 2.95 bits per heavy atom. The van der Waals surface area contributed by atoms with Crippen LogP contribution in [0.2, 0.25) is 0 Å². The summed E-state index contributed by atoms with van der Waals surface area (Å²) in [5.41, 5.74) is 6.90. The predicted molar refractivity (Wildman–Crippen MR) is 88.8 cm³/mol. The van der Waals surface area contributed by atoms with E-state index in [0.29, 0.717) is 18.3 Å². The average Bonchev–Trinajstić information content (AvgIpc) is 2.87. The fraction of sp³-hybridized carbons (Fsp3) is 0.357.